The summed E-state index contributed by atoms with van der Waals surface area (Å²) >= 11 is 2.01. The Morgan fingerprint density at radius 2 is 1.94 bits per heavy atom. The fraction of sp³-hybridized carbons (Fsp3) is 0.929. The summed E-state index contributed by atoms with van der Waals surface area (Å²) in [6, 6.07) is 0.603. The smallest absolute Gasteiger partial charge is 0.152 e. The van der Waals surface area contributed by atoms with Crippen LogP contribution in [0.15, 0.2) is 0 Å². The highest BCUT2D eigenvalue weighted by atomic mass is 32.2. The van der Waals surface area contributed by atoms with Gasteiger partial charge in [-0.3, -0.25) is 9.69 Å². The molecular formula is C14H27NOS. The molecule has 0 aromatic heterocycles. The Bertz CT molecular complexity index is 265. The number of likely N-dealkylation sites (tertiary alicyclic amines) is 1. The summed E-state index contributed by atoms with van der Waals surface area (Å²) in [5, 5.41) is 0.620. The number of nitrogens with zero attached hydrogens (tertiary/aromatic N) is 1. The lowest BCUT2D eigenvalue weighted by Gasteiger charge is -2.30. The Morgan fingerprint density at radius 3 is 2.35 bits per heavy atom. The fourth-order valence-corrected chi connectivity index (χ4v) is 3.87. The van der Waals surface area contributed by atoms with Crippen molar-refractivity contribution in [3.05, 3.63) is 0 Å². The lowest BCUT2D eigenvalue weighted by atomic mass is 9.92. The number of rotatable bonds is 5. The minimum Gasteiger partial charge on any atom is -0.298 e. The number of hydrogen-bond acceptors (Lipinski definition) is 3. The van der Waals surface area contributed by atoms with E-state index in [4.69, 9.17) is 0 Å². The molecule has 0 saturated carbocycles. The number of carbonyl (C=O) groups is 1. The van der Waals surface area contributed by atoms with Gasteiger partial charge in [-0.05, 0) is 25.5 Å². The van der Waals surface area contributed by atoms with Gasteiger partial charge in [0.1, 0.15) is 0 Å². The predicted octanol–water partition coefficient (Wildman–Crippen LogP) is 3.06. The lowest BCUT2D eigenvalue weighted by molar-refractivity contribution is -0.127. The molecule has 3 unspecified atom stereocenters. The second-order valence-corrected chi connectivity index (χ2v) is 7.16. The van der Waals surface area contributed by atoms with E-state index in [1.165, 1.54) is 0 Å². The van der Waals surface area contributed by atoms with Gasteiger partial charge in [0.25, 0.3) is 0 Å². The van der Waals surface area contributed by atoms with Crippen LogP contribution < -0.4 is 0 Å². The van der Waals surface area contributed by atoms with Gasteiger partial charge in [-0.15, -0.1) is 0 Å². The first kappa shape index (κ1) is 15.0. The van der Waals surface area contributed by atoms with Gasteiger partial charge in [-0.25, -0.2) is 0 Å². The lowest BCUT2D eigenvalue weighted by Crippen LogP contribution is -2.44. The zero-order chi connectivity index (χ0) is 13.2. The van der Waals surface area contributed by atoms with E-state index in [2.05, 4.69) is 32.6 Å². The maximum absolute atomic E-state index is 12.4. The average molecular weight is 257 g/mol. The van der Waals surface area contributed by atoms with E-state index in [1.807, 2.05) is 25.6 Å². The summed E-state index contributed by atoms with van der Waals surface area (Å²) in [7, 11) is 0. The average Bonchev–Trinajstić information content (AvgIpc) is 2.56. The number of hydrogen-bond donors (Lipinski definition) is 0. The van der Waals surface area contributed by atoms with Gasteiger partial charge in [0, 0.05) is 23.8 Å². The summed E-state index contributed by atoms with van der Waals surface area (Å²) in [6.45, 7) is 14.0. The molecule has 17 heavy (non-hydrogen) atoms. The van der Waals surface area contributed by atoms with Crippen molar-refractivity contribution in [2.45, 2.75) is 58.9 Å². The van der Waals surface area contributed by atoms with E-state index in [9.17, 15) is 4.79 Å². The van der Waals surface area contributed by atoms with Gasteiger partial charge < -0.3 is 0 Å². The molecule has 1 aliphatic rings. The van der Waals surface area contributed by atoms with E-state index in [0.29, 0.717) is 23.0 Å². The van der Waals surface area contributed by atoms with E-state index in [1.54, 1.807) is 0 Å². The van der Waals surface area contributed by atoms with Crippen molar-refractivity contribution in [2.75, 3.05) is 12.3 Å². The Morgan fingerprint density at radius 1 is 1.35 bits per heavy atom. The van der Waals surface area contributed by atoms with Crippen LogP contribution in [0.5, 0.6) is 0 Å². The summed E-state index contributed by atoms with van der Waals surface area (Å²) in [4.78, 5) is 14.8. The molecule has 0 N–H and O–H groups in total. The van der Waals surface area contributed by atoms with E-state index in [0.717, 1.165) is 12.3 Å². The van der Waals surface area contributed by atoms with E-state index in [-0.39, 0.29) is 12.0 Å². The number of ketones is 1. The van der Waals surface area contributed by atoms with Crippen LogP contribution in [0.3, 0.4) is 0 Å². The SMILES string of the molecule is CCSC1CN(C(C)C)C(C(=O)C(C)C)C1C. The molecule has 0 aromatic carbocycles. The van der Waals surface area contributed by atoms with Crippen molar-refractivity contribution in [3.63, 3.8) is 0 Å². The first-order chi connectivity index (χ1) is 7.90. The molecule has 0 aliphatic carbocycles. The standard InChI is InChI=1S/C14H27NOS/c1-7-17-12-8-15(10(4)5)13(11(12)6)14(16)9(2)3/h9-13H,7-8H2,1-6H3. The zero-order valence-corrected chi connectivity index (χ0v) is 12.9. The fourth-order valence-electron chi connectivity index (χ4n) is 2.71. The molecule has 0 bridgehead atoms. The second kappa shape index (κ2) is 6.24. The third kappa shape index (κ3) is 3.25. The molecule has 1 heterocycles. The highest BCUT2D eigenvalue weighted by Crippen LogP contribution is 2.35. The Hall–Kier alpha value is -0.0200. The van der Waals surface area contributed by atoms with Crippen LogP contribution in [-0.2, 0) is 4.79 Å². The molecule has 2 nitrogen and oxygen atoms in total. The Labute approximate surface area is 111 Å². The summed E-state index contributed by atoms with van der Waals surface area (Å²) in [5.74, 6) is 2.19. The number of Topliss-reactive ketones (excluding diaryl/α,β-unsaturated/α-hetero) is 1. The minimum atomic E-state index is 0.138. The van der Waals surface area contributed by atoms with Crippen LogP contribution in [0.1, 0.15) is 41.5 Å². The largest absolute Gasteiger partial charge is 0.298 e. The molecule has 3 atom stereocenters. The second-order valence-electron chi connectivity index (χ2n) is 5.65. The Kier molecular flexibility index (Phi) is 5.52. The van der Waals surface area contributed by atoms with Crippen molar-refractivity contribution in [3.8, 4) is 0 Å². The highest BCUT2D eigenvalue weighted by molar-refractivity contribution is 7.99. The molecule has 0 aromatic rings. The molecule has 0 amide bonds. The van der Waals surface area contributed by atoms with Gasteiger partial charge in [0.05, 0.1) is 6.04 Å². The van der Waals surface area contributed by atoms with Crippen LogP contribution in [0, 0.1) is 11.8 Å². The molecule has 3 heteroatoms. The van der Waals surface area contributed by atoms with Crippen LogP contribution in [0.2, 0.25) is 0 Å². The van der Waals surface area contributed by atoms with Crippen molar-refractivity contribution < 1.29 is 4.79 Å². The van der Waals surface area contributed by atoms with Gasteiger partial charge in [-0.2, -0.15) is 11.8 Å². The number of thioether (sulfide) groups is 1. The highest BCUT2D eigenvalue weighted by Gasteiger charge is 2.44. The molecule has 1 fully saturated rings. The van der Waals surface area contributed by atoms with Gasteiger partial charge >= 0.3 is 0 Å². The quantitative estimate of drug-likeness (QED) is 0.755. The van der Waals surface area contributed by atoms with Crippen LogP contribution >= 0.6 is 11.8 Å². The molecule has 100 valence electrons. The van der Waals surface area contributed by atoms with Crippen molar-refractivity contribution in [1.29, 1.82) is 0 Å². The van der Waals surface area contributed by atoms with Gasteiger partial charge in [0.2, 0.25) is 0 Å². The van der Waals surface area contributed by atoms with E-state index >= 15 is 0 Å². The van der Waals surface area contributed by atoms with Gasteiger partial charge in [-0.1, -0.05) is 27.7 Å². The Balaban J connectivity index is 2.86. The minimum absolute atomic E-state index is 0.138. The first-order valence-electron chi connectivity index (χ1n) is 6.81. The summed E-state index contributed by atoms with van der Waals surface area (Å²) < 4.78 is 0. The predicted molar refractivity (Wildman–Crippen MR) is 76.6 cm³/mol. The normalized spacial score (nSPS) is 30.5. The molecule has 1 rings (SSSR count). The molecule has 1 saturated heterocycles. The van der Waals surface area contributed by atoms with Crippen LogP contribution in [-0.4, -0.2) is 40.3 Å². The third-order valence-corrected chi connectivity index (χ3v) is 5.08. The van der Waals surface area contributed by atoms with Crippen LogP contribution in [0.25, 0.3) is 0 Å². The van der Waals surface area contributed by atoms with Crippen molar-refractivity contribution >= 4 is 17.5 Å². The summed E-state index contributed by atoms with van der Waals surface area (Å²) in [6.07, 6.45) is 0. The topological polar surface area (TPSA) is 20.3 Å². The number of carbonyl (C=O) groups excluding carboxylic acids is 1. The molecule has 1 aliphatic heterocycles. The monoisotopic (exact) mass is 257 g/mol. The third-order valence-electron chi connectivity index (χ3n) is 3.74. The van der Waals surface area contributed by atoms with E-state index < -0.39 is 0 Å². The van der Waals surface area contributed by atoms with Gasteiger partial charge in [0.15, 0.2) is 5.78 Å². The first-order valence-corrected chi connectivity index (χ1v) is 7.86. The molecule has 0 radical (unpaired) electrons. The van der Waals surface area contributed by atoms with Crippen LogP contribution in [0.4, 0.5) is 0 Å². The zero-order valence-electron chi connectivity index (χ0n) is 12.1. The maximum Gasteiger partial charge on any atom is 0.152 e. The molecular weight excluding hydrogens is 230 g/mol. The van der Waals surface area contributed by atoms with Crippen molar-refractivity contribution in [1.82, 2.24) is 4.90 Å². The van der Waals surface area contributed by atoms with Crippen molar-refractivity contribution in [2.24, 2.45) is 11.8 Å². The summed E-state index contributed by atoms with van der Waals surface area (Å²) in [5.41, 5.74) is 0. The molecule has 0 spiro atoms. The maximum atomic E-state index is 12.4.